The van der Waals surface area contributed by atoms with Crippen molar-refractivity contribution < 1.29 is 19.0 Å². The summed E-state index contributed by atoms with van der Waals surface area (Å²) in [5.41, 5.74) is 0. The Morgan fingerprint density at radius 2 is 2.17 bits per heavy atom. The van der Waals surface area contributed by atoms with E-state index in [1.165, 1.54) is 12.8 Å². The van der Waals surface area contributed by atoms with Gasteiger partial charge in [0.1, 0.15) is 0 Å². The van der Waals surface area contributed by atoms with Gasteiger partial charge in [0.05, 0.1) is 19.3 Å². The zero-order valence-corrected chi connectivity index (χ0v) is 11.5. The average molecular weight is 258 g/mol. The molecule has 1 atom stereocenters. The van der Waals surface area contributed by atoms with Crippen molar-refractivity contribution in [1.29, 1.82) is 0 Å². The van der Waals surface area contributed by atoms with Crippen LogP contribution in [-0.4, -0.2) is 38.5 Å². The van der Waals surface area contributed by atoms with E-state index in [1.807, 2.05) is 6.92 Å². The third-order valence-corrected chi connectivity index (χ3v) is 3.05. The van der Waals surface area contributed by atoms with E-state index in [2.05, 4.69) is 0 Å². The molecule has 0 aromatic rings. The predicted octanol–water partition coefficient (Wildman–Crippen LogP) is 2.70. The second-order valence-electron chi connectivity index (χ2n) is 4.68. The molecule has 0 bridgehead atoms. The lowest BCUT2D eigenvalue weighted by molar-refractivity contribution is -0.143. The first kappa shape index (κ1) is 15.4. The molecule has 1 aliphatic rings. The first-order chi connectivity index (χ1) is 8.83. The lowest BCUT2D eigenvalue weighted by Gasteiger charge is -2.22. The maximum atomic E-state index is 11.1. The number of carbonyl (C=O) groups is 1. The molecule has 0 N–H and O–H groups in total. The molecule has 1 heterocycles. The van der Waals surface area contributed by atoms with Gasteiger partial charge in [-0.1, -0.05) is 6.42 Å². The van der Waals surface area contributed by atoms with Gasteiger partial charge in [0, 0.05) is 19.6 Å². The van der Waals surface area contributed by atoms with E-state index < -0.39 is 0 Å². The van der Waals surface area contributed by atoms with Crippen molar-refractivity contribution in [3.8, 4) is 0 Å². The molecule has 0 radical (unpaired) electrons. The van der Waals surface area contributed by atoms with Gasteiger partial charge in [-0.3, -0.25) is 4.79 Å². The SMILES string of the molecule is CCOC(=O)CCCCCOCC1CCCCO1. The maximum absolute atomic E-state index is 11.1. The largest absolute Gasteiger partial charge is 0.466 e. The van der Waals surface area contributed by atoms with E-state index in [-0.39, 0.29) is 5.97 Å². The van der Waals surface area contributed by atoms with Crippen LogP contribution < -0.4 is 0 Å². The van der Waals surface area contributed by atoms with Crippen molar-refractivity contribution in [2.24, 2.45) is 0 Å². The molecule has 4 heteroatoms. The third-order valence-electron chi connectivity index (χ3n) is 3.05. The van der Waals surface area contributed by atoms with Gasteiger partial charge in [0.2, 0.25) is 0 Å². The van der Waals surface area contributed by atoms with Crippen LogP contribution in [0.5, 0.6) is 0 Å². The van der Waals surface area contributed by atoms with Crippen LogP contribution in [-0.2, 0) is 19.0 Å². The number of carbonyl (C=O) groups excluding carboxylic acids is 1. The van der Waals surface area contributed by atoms with Crippen molar-refractivity contribution in [3.63, 3.8) is 0 Å². The Hall–Kier alpha value is -0.610. The molecule has 0 spiro atoms. The third kappa shape index (κ3) is 7.67. The standard InChI is InChI=1S/C14H26O4/c1-2-17-14(15)9-4-3-6-10-16-12-13-8-5-7-11-18-13/h13H,2-12H2,1H3. The number of esters is 1. The molecule has 0 aromatic carbocycles. The molecule has 1 saturated heterocycles. The Balaban J connectivity index is 1.82. The van der Waals surface area contributed by atoms with Crippen LogP contribution in [0.4, 0.5) is 0 Å². The molecule has 18 heavy (non-hydrogen) atoms. The summed E-state index contributed by atoms with van der Waals surface area (Å²) in [6.45, 7) is 4.68. The fraction of sp³-hybridized carbons (Fsp3) is 0.929. The highest BCUT2D eigenvalue weighted by molar-refractivity contribution is 5.69. The molecular formula is C14H26O4. The average Bonchev–Trinajstić information content (AvgIpc) is 2.39. The smallest absolute Gasteiger partial charge is 0.305 e. The zero-order valence-electron chi connectivity index (χ0n) is 11.5. The number of ether oxygens (including phenoxy) is 3. The minimum absolute atomic E-state index is 0.0889. The van der Waals surface area contributed by atoms with E-state index in [0.29, 0.717) is 19.1 Å². The molecule has 0 amide bonds. The monoisotopic (exact) mass is 258 g/mol. The Bertz CT molecular complexity index is 212. The fourth-order valence-corrected chi connectivity index (χ4v) is 2.04. The molecule has 4 nitrogen and oxygen atoms in total. The van der Waals surface area contributed by atoms with Crippen molar-refractivity contribution in [1.82, 2.24) is 0 Å². The molecule has 0 saturated carbocycles. The van der Waals surface area contributed by atoms with E-state index in [1.54, 1.807) is 0 Å². The van der Waals surface area contributed by atoms with Crippen LogP contribution in [0.15, 0.2) is 0 Å². The normalized spacial score (nSPS) is 19.7. The van der Waals surface area contributed by atoms with Crippen LogP contribution in [0.3, 0.4) is 0 Å². The van der Waals surface area contributed by atoms with Crippen molar-refractivity contribution in [2.45, 2.75) is 58.0 Å². The maximum Gasteiger partial charge on any atom is 0.305 e. The molecule has 0 aliphatic carbocycles. The Labute approximate surface area is 110 Å². The summed E-state index contributed by atoms with van der Waals surface area (Å²) in [6, 6.07) is 0. The van der Waals surface area contributed by atoms with Crippen LogP contribution in [0.25, 0.3) is 0 Å². The quantitative estimate of drug-likeness (QED) is 0.471. The second kappa shape index (κ2) is 10.3. The van der Waals surface area contributed by atoms with Crippen LogP contribution in [0.1, 0.15) is 51.9 Å². The molecule has 1 aliphatic heterocycles. The van der Waals surface area contributed by atoms with Crippen molar-refractivity contribution in [2.75, 3.05) is 26.4 Å². The number of rotatable bonds is 9. The van der Waals surface area contributed by atoms with Gasteiger partial charge in [-0.25, -0.2) is 0 Å². The van der Waals surface area contributed by atoms with Crippen LogP contribution >= 0.6 is 0 Å². The topological polar surface area (TPSA) is 44.8 Å². The minimum atomic E-state index is -0.0889. The summed E-state index contributed by atoms with van der Waals surface area (Å²) in [4.78, 5) is 11.1. The fourth-order valence-electron chi connectivity index (χ4n) is 2.04. The van der Waals surface area contributed by atoms with Crippen molar-refractivity contribution in [3.05, 3.63) is 0 Å². The van der Waals surface area contributed by atoms with E-state index in [0.717, 1.165) is 45.5 Å². The molecule has 106 valence electrons. The number of unbranched alkanes of at least 4 members (excludes halogenated alkanes) is 2. The van der Waals surface area contributed by atoms with E-state index in [9.17, 15) is 4.79 Å². The highest BCUT2D eigenvalue weighted by atomic mass is 16.5. The van der Waals surface area contributed by atoms with E-state index >= 15 is 0 Å². The minimum Gasteiger partial charge on any atom is -0.466 e. The molecule has 0 aromatic heterocycles. The lowest BCUT2D eigenvalue weighted by Crippen LogP contribution is -2.24. The van der Waals surface area contributed by atoms with Gasteiger partial charge < -0.3 is 14.2 Å². The summed E-state index contributed by atoms with van der Waals surface area (Å²) >= 11 is 0. The summed E-state index contributed by atoms with van der Waals surface area (Å²) in [7, 11) is 0. The van der Waals surface area contributed by atoms with Gasteiger partial charge >= 0.3 is 5.97 Å². The van der Waals surface area contributed by atoms with Gasteiger partial charge in [0.25, 0.3) is 0 Å². The Morgan fingerprint density at radius 1 is 1.28 bits per heavy atom. The highest BCUT2D eigenvalue weighted by Gasteiger charge is 2.13. The summed E-state index contributed by atoms with van der Waals surface area (Å²) in [5.74, 6) is -0.0889. The Morgan fingerprint density at radius 3 is 2.89 bits per heavy atom. The lowest BCUT2D eigenvalue weighted by atomic mass is 10.1. The second-order valence-corrected chi connectivity index (χ2v) is 4.68. The van der Waals surface area contributed by atoms with Crippen LogP contribution in [0.2, 0.25) is 0 Å². The highest BCUT2D eigenvalue weighted by Crippen LogP contribution is 2.13. The molecular weight excluding hydrogens is 232 g/mol. The molecule has 1 unspecified atom stereocenters. The predicted molar refractivity (Wildman–Crippen MR) is 69.5 cm³/mol. The first-order valence-corrected chi connectivity index (χ1v) is 7.18. The molecule has 1 fully saturated rings. The first-order valence-electron chi connectivity index (χ1n) is 7.18. The van der Waals surface area contributed by atoms with Gasteiger partial charge in [-0.15, -0.1) is 0 Å². The summed E-state index contributed by atoms with van der Waals surface area (Å²) < 4.78 is 16.0. The zero-order chi connectivity index (χ0) is 13.1. The number of hydrogen-bond donors (Lipinski definition) is 0. The van der Waals surface area contributed by atoms with Gasteiger partial charge in [-0.05, 0) is 39.0 Å². The van der Waals surface area contributed by atoms with Gasteiger partial charge in [-0.2, -0.15) is 0 Å². The molecule has 1 rings (SSSR count). The van der Waals surface area contributed by atoms with Crippen LogP contribution in [0, 0.1) is 0 Å². The van der Waals surface area contributed by atoms with Gasteiger partial charge in [0.15, 0.2) is 0 Å². The summed E-state index contributed by atoms with van der Waals surface area (Å²) in [6.07, 6.45) is 7.32. The summed E-state index contributed by atoms with van der Waals surface area (Å²) in [5, 5.41) is 0. The number of hydrogen-bond acceptors (Lipinski definition) is 4. The van der Waals surface area contributed by atoms with E-state index in [4.69, 9.17) is 14.2 Å². The van der Waals surface area contributed by atoms with Crippen molar-refractivity contribution >= 4 is 5.97 Å². The Kier molecular flexibility index (Phi) is 8.86.